The van der Waals surface area contributed by atoms with Gasteiger partial charge in [-0.05, 0) is 38.8 Å². The molecule has 1 aliphatic carbocycles. The van der Waals surface area contributed by atoms with E-state index in [0.29, 0.717) is 0 Å². The fourth-order valence-corrected chi connectivity index (χ4v) is 4.08. The zero-order chi connectivity index (χ0) is 15.4. The minimum atomic E-state index is -0.874. The number of ether oxygens (including phenoxy) is 1. The van der Waals surface area contributed by atoms with Crippen LogP contribution in [0.5, 0.6) is 0 Å². The van der Waals surface area contributed by atoms with E-state index in [9.17, 15) is 4.79 Å². The van der Waals surface area contributed by atoms with Crippen LogP contribution >= 0.6 is 0 Å². The molecule has 2 fully saturated rings. The number of hydrogen-bond donors (Lipinski definition) is 2. The highest BCUT2D eigenvalue weighted by Crippen LogP contribution is 2.57. The van der Waals surface area contributed by atoms with Crippen LogP contribution in [0.25, 0.3) is 0 Å². The van der Waals surface area contributed by atoms with Crippen LogP contribution < -0.4 is 11.2 Å². The highest BCUT2D eigenvalue weighted by Gasteiger charge is 2.70. The molecule has 3 unspecified atom stereocenters. The SMILES string of the molecule is Cc1ccc(C)n1NC(=O)C1(N)C2CCCOC2C1(C)C. The van der Waals surface area contributed by atoms with Gasteiger partial charge in [0.05, 0.1) is 6.10 Å². The Morgan fingerprint density at radius 1 is 1.38 bits per heavy atom. The molecule has 1 aromatic heterocycles. The Morgan fingerprint density at radius 2 is 2.00 bits per heavy atom. The van der Waals surface area contributed by atoms with Gasteiger partial charge in [0.2, 0.25) is 0 Å². The number of aryl methyl sites for hydroxylation is 2. The van der Waals surface area contributed by atoms with Gasteiger partial charge in [0.1, 0.15) is 5.54 Å². The molecule has 21 heavy (non-hydrogen) atoms. The Morgan fingerprint density at radius 3 is 2.62 bits per heavy atom. The van der Waals surface area contributed by atoms with Crippen molar-refractivity contribution in [1.82, 2.24) is 4.68 Å². The number of fused-ring (bicyclic) bond motifs is 1. The molecule has 1 saturated heterocycles. The zero-order valence-electron chi connectivity index (χ0n) is 13.3. The summed E-state index contributed by atoms with van der Waals surface area (Å²) in [5.41, 5.74) is 10.3. The third-order valence-electron chi connectivity index (χ3n) is 5.54. The molecule has 0 aromatic carbocycles. The molecule has 2 aliphatic rings. The molecule has 5 heteroatoms. The lowest BCUT2D eigenvalue weighted by Gasteiger charge is -2.65. The monoisotopic (exact) mass is 291 g/mol. The van der Waals surface area contributed by atoms with Crippen molar-refractivity contribution >= 4 is 5.91 Å². The van der Waals surface area contributed by atoms with Gasteiger partial charge in [0.15, 0.2) is 0 Å². The highest BCUT2D eigenvalue weighted by molar-refractivity contribution is 5.95. The molecule has 0 radical (unpaired) electrons. The maximum atomic E-state index is 12.9. The van der Waals surface area contributed by atoms with Crippen LogP contribution in [0.4, 0.5) is 0 Å². The summed E-state index contributed by atoms with van der Waals surface area (Å²) in [7, 11) is 0. The van der Waals surface area contributed by atoms with E-state index in [4.69, 9.17) is 10.5 Å². The molecule has 0 spiro atoms. The molecule has 5 nitrogen and oxygen atoms in total. The van der Waals surface area contributed by atoms with E-state index in [1.54, 1.807) is 0 Å². The maximum absolute atomic E-state index is 12.9. The number of nitrogens with zero attached hydrogens (tertiary/aromatic N) is 1. The smallest absolute Gasteiger partial charge is 0.259 e. The Hall–Kier alpha value is -1.33. The first kappa shape index (κ1) is 14.6. The average Bonchev–Trinajstić information content (AvgIpc) is 2.78. The van der Waals surface area contributed by atoms with Crippen LogP contribution in [0.15, 0.2) is 12.1 Å². The van der Waals surface area contributed by atoms with Gasteiger partial charge in [-0.3, -0.25) is 14.9 Å². The summed E-state index contributed by atoms with van der Waals surface area (Å²) in [5, 5.41) is 0. The van der Waals surface area contributed by atoms with Gasteiger partial charge < -0.3 is 10.5 Å². The van der Waals surface area contributed by atoms with Crippen molar-refractivity contribution in [3.63, 3.8) is 0 Å². The second-order valence-electron chi connectivity index (χ2n) is 7.02. The lowest BCUT2D eigenvalue weighted by atomic mass is 9.46. The fraction of sp³-hybridized carbons (Fsp3) is 0.688. The maximum Gasteiger partial charge on any atom is 0.259 e. The van der Waals surface area contributed by atoms with Gasteiger partial charge in [-0.15, -0.1) is 0 Å². The quantitative estimate of drug-likeness (QED) is 0.871. The molecule has 3 rings (SSSR count). The topological polar surface area (TPSA) is 69.3 Å². The summed E-state index contributed by atoms with van der Waals surface area (Å²) >= 11 is 0. The average molecular weight is 291 g/mol. The molecular weight excluding hydrogens is 266 g/mol. The lowest BCUT2D eigenvalue weighted by Crippen LogP contribution is -2.82. The molecule has 116 valence electrons. The van der Waals surface area contributed by atoms with Gasteiger partial charge in [0, 0.05) is 29.3 Å². The van der Waals surface area contributed by atoms with E-state index >= 15 is 0 Å². The third kappa shape index (κ3) is 1.80. The number of aromatic nitrogens is 1. The number of hydrogen-bond acceptors (Lipinski definition) is 3. The summed E-state index contributed by atoms with van der Waals surface area (Å²) < 4.78 is 7.66. The number of carbonyl (C=O) groups is 1. The lowest BCUT2D eigenvalue weighted by molar-refractivity contribution is -0.223. The summed E-state index contributed by atoms with van der Waals surface area (Å²) in [5.74, 6) is -0.000857. The van der Waals surface area contributed by atoms with E-state index in [2.05, 4.69) is 5.43 Å². The number of nitrogens with one attached hydrogen (secondary N) is 1. The number of carbonyl (C=O) groups excluding carboxylic acids is 1. The van der Waals surface area contributed by atoms with Crippen LogP contribution in [-0.2, 0) is 9.53 Å². The van der Waals surface area contributed by atoms with Gasteiger partial charge in [0.25, 0.3) is 5.91 Å². The third-order valence-corrected chi connectivity index (χ3v) is 5.54. The predicted octanol–water partition coefficient (Wildman–Crippen LogP) is 1.71. The first-order chi connectivity index (χ1) is 9.80. The Balaban J connectivity index is 1.86. The summed E-state index contributed by atoms with van der Waals surface area (Å²) in [6.07, 6.45) is 2.03. The standard InChI is InChI=1S/C16H25N3O2/c1-10-7-8-11(2)19(10)18-14(20)16(17)12-6-5-9-21-13(12)15(16,3)4/h7-8,12-13H,5-6,9,17H2,1-4H3,(H,18,20). The normalized spacial score (nSPS) is 34.0. The van der Waals surface area contributed by atoms with Crippen LogP contribution in [-0.4, -0.2) is 28.8 Å². The zero-order valence-corrected chi connectivity index (χ0v) is 13.3. The van der Waals surface area contributed by atoms with E-state index in [1.807, 2.05) is 44.5 Å². The molecule has 1 amide bonds. The van der Waals surface area contributed by atoms with Crippen molar-refractivity contribution in [2.75, 3.05) is 12.0 Å². The number of amides is 1. The van der Waals surface area contributed by atoms with Gasteiger partial charge in [-0.25, -0.2) is 0 Å². The Bertz CT molecular complexity index is 559. The predicted molar refractivity (Wildman–Crippen MR) is 81.4 cm³/mol. The van der Waals surface area contributed by atoms with E-state index < -0.39 is 5.54 Å². The van der Waals surface area contributed by atoms with Crippen molar-refractivity contribution in [1.29, 1.82) is 0 Å². The minimum Gasteiger partial charge on any atom is -0.377 e. The van der Waals surface area contributed by atoms with Crippen molar-refractivity contribution in [2.45, 2.75) is 52.2 Å². The molecule has 3 atom stereocenters. The number of nitrogens with two attached hydrogens (primary N) is 1. The van der Waals surface area contributed by atoms with Crippen molar-refractivity contribution in [3.8, 4) is 0 Å². The summed E-state index contributed by atoms with van der Waals surface area (Å²) in [6.45, 7) is 8.78. The molecule has 0 bridgehead atoms. The van der Waals surface area contributed by atoms with Crippen LogP contribution in [0.2, 0.25) is 0 Å². The van der Waals surface area contributed by atoms with Crippen LogP contribution in [0, 0.1) is 25.2 Å². The summed E-state index contributed by atoms with van der Waals surface area (Å²) in [6, 6.07) is 3.97. The second-order valence-corrected chi connectivity index (χ2v) is 7.02. The molecule has 2 heterocycles. The summed E-state index contributed by atoms with van der Waals surface area (Å²) in [4.78, 5) is 12.9. The first-order valence-corrected chi connectivity index (χ1v) is 7.67. The van der Waals surface area contributed by atoms with Crippen molar-refractivity contribution in [2.24, 2.45) is 17.1 Å². The number of rotatable bonds is 2. The largest absolute Gasteiger partial charge is 0.377 e. The highest BCUT2D eigenvalue weighted by atomic mass is 16.5. The fourth-order valence-electron chi connectivity index (χ4n) is 4.08. The molecular formula is C16H25N3O2. The van der Waals surface area contributed by atoms with E-state index in [1.165, 1.54) is 0 Å². The van der Waals surface area contributed by atoms with Gasteiger partial charge in [-0.2, -0.15) is 0 Å². The van der Waals surface area contributed by atoms with Crippen molar-refractivity contribution < 1.29 is 9.53 Å². The van der Waals surface area contributed by atoms with E-state index in [0.717, 1.165) is 30.8 Å². The Labute approximate surface area is 125 Å². The molecule has 3 N–H and O–H groups in total. The minimum absolute atomic E-state index is 0.0915. The Kier molecular flexibility index (Phi) is 3.19. The molecule has 1 aromatic rings. The molecule has 1 aliphatic heterocycles. The molecule has 1 saturated carbocycles. The van der Waals surface area contributed by atoms with Crippen molar-refractivity contribution in [3.05, 3.63) is 23.5 Å². The van der Waals surface area contributed by atoms with Gasteiger partial charge >= 0.3 is 0 Å². The van der Waals surface area contributed by atoms with Crippen LogP contribution in [0.1, 0.15) is 38.1 Å². The second kappa shape index (κ2) is 4.58. The first-order valence-electron chi connectivity index (χ1n) is 7.67. The van der Waals surface area contributed by atoms with E-state index in [-0.39, 0.29) is 23.3 Å². The van der Waals surface area contributed by atoms with Crippen LogP contribution in [0.3, 0.4) is 0 Å². The van der Waals surface area contributed by atoms with Gasteiger partial charge in [-0.1, -0.05) is 13.8 Å².